The molecule has 3 heterocycles. The molecule has 11 heteroatoms. The van der Waals surface area contributed by atoms with E-state index in [1.807, 2.05) is 23.0 Å². The summed E-state index contributed by atoms with van der Waals surface area (Å²) in [6, 6.07) is 5.89. The molecule has 0 radical (unpaired) electrons. The van der Waals surface area contributed by atoms with Crippen LogP contribution in [0.1, 0.15) is 55.9 Å². The van der Waals surface area contributed by atoms with E-state index in [1.165, 1.54) is 0 Å². The Balaban J connectivity index is 0.000000436. The maximum atomic E-state index is 12.9. The summed E-state index contributed by atoms with van der Waals surface area (Å²) in [6.07, 6.45) is 6.72. The highest BCUT2D eigenvalue weighted by atomic mass is 16.5. The number of aliphatic hydroxyl groups is 1. The zero-order chi connectivity index (χ0) is 27.7. The first-order valence-electron chi connectivity index (χ1n) is 13.0. The molecule has 11 nitrogen and oxygen atoms in total. The van der Waals surface area contributed by atoms with Crippen LogP contribution >= 0.6 is 0 Å². The third kappa shape index (κ3) is 8.64. The van der Waals surface area contributed by atoms with Gasteiger partial charge in [-0.25, -0.2) is 9.59 Å². The van der Waals surface area contributed by atoms with E-state index >= 15 is 0 Å². The topological polar surface area (TPSA) is 154 Å². The number of benzene rings is 1. The highest BCUT2D eigenvalue weighted by Gasteiger charge is 2.33. The molecule has 2 aliphatic heterocycles. The molecule has 4 N–H and O–H groups in total. The Bertz CT molecular complexity index is 1110. The van der Waals surface area contributed by atoms with Crippen molar-refractivity contribution in [1.82, 2.24) is 20.0 Å². The summed E-state index contributed by atoms with van der Waals surface area (Å²) in [5.74, 6) is -1.98. The SMILES string of the molecule is CC(C)n1cc2cccc(C(=O)NCC3(O)CCN(CC4CCOCC4)CC3)c2n1.O=C(O)/C=C/C(=O)O. The third-order valence-corrected chi connectivity index (χ3v) is 6.92. The number of likely N-dealkylation sites (tertiary alicyclic amines) is 1. The van der Waals surface area contributed by atoms with Gasteiger partial charge in [0.25, 0.3) is 5.91 Å². The van der Waals surface area contributed by atoms with Crippen molar-refractivity contribution in [3.05, 3.63) is 42.1 Å². The number of carbonyl (C=O) groups is 3. The van der Waals surface area contributed by atoms with Gasteiger partial charge in [0, 0.05) is 69.2 Å². The van der Waals surface area contributed by atoms with Crippen molar-refractivity contribution in [3.8, 4) is 0 Å². The number of hydrogen-bond donors (Lipinski definition) is 4. The van der Waals surface area contributed by atoms with Gasteiger partial charge in [0.2, 0.25) is 0 Å². The smallest absolute Gasteiger partial charge is 0.328 e. The van der Waals surface area contributed by atoms with Gasteiger partial charge >= 0.3 is 11.9 Å². The van der Waals surface area contributed by atoms with E-state index in [2.05, 4.69) is 29.2 Å². The average molecular weight is 531 g/mol. The van der Waals surface area contributed by atoms with Crippen molar-refractivity contribution in [3.63, 3.8) is 0 Å². The molecule has 0 spiro atoms. The number of nitrogens with zero attached hydrogens (tertiary/aromatic N) is 3. The van der Waals surface area contributed by atoms with E-state index in [-0.39, 0.29) is 18.5 Å². The number of rotatable bonds is 8. The number of ether oxygens (including phenoxy) is 1. The van der Waals surface area contributed by atoms with Crippen LogP contribution in [-0.2, 0) is 14.3 Å². The number of carboxylic acid groups (broad SMARTS) is 2. The molecule has 2 aliphatic rings. The van der Waals surface area contributed by atoms with Gasteiger partial charge < -0.3 is 30.3 Å². The van der Waals surface area contributed by atoms with Crippen molar-refractivity contribution in [2.45, 2.75) is 51.2 Å². The van der Waals surface area contributed by atoms with Crippen LogP contribution in [-0.4, -0.2) is 92.8 Å². The Hall–Kier alpha value is -3.28. The Labute approximate surface area is 222 Å². The predicted octanol–water partition coefficient (Wildman–Crippen LogP) is 2.31. The van der Waals surface area contributed by atoms with Crippen LogP contribution in [0.4, 0.5) is 0 Å². The van der Waals surface area contributed by atoms with Crippen LogP contribution < -0.4 is 5.32 Å². The summed E-state index contributed by atoms with van der Waals surface area (Å²) in [4.78, 5) is 34.4. The molecular weight excluding hydrogens is 492 g/mol. The first kappa shape index (κ1) is 29.3. The highest BCUT2D eigenvalue weighted by Crippen LogP contribution is 2.25. The Morgan fingerprint density at radius 1 is 1.13 bits per heavy atom. The molecule has 208 valence electrons. The van der Waals surface area contributed by atoms with E-state index in [0.29, 0.717) is 42.0 Å². The van der Waals surface area contributed by atoms with E-state index in [9.17, 15) is 19.5 Å². The molecule has 1 aromatic carbocycles. The summed E-state index contributed by atoms with van der Waals surface area (Å²) < 4.78 is 7.33. The molecule has 0 aliphatic carbocycles. The van der Waals surface area contributed by atoms with Crippen molar-refractivity contribution in [2.24, 2.45) is 5.92 Å². The van der Waals surface area contributed by atoms with Crippen LogP contribution in [0.2, 0.25) is 0 Å². The molecule has 2 saturated heterocycles. The first-order valence-corrected chi connectivity index (χ1v) is 13.0. The minimum atomic E-state index is -1.26. The van der Waals surface area contributed by atoms with Gasteiger partial charge in [0.1, 0.15) is 5.52 Å². The number of nitrogens with one attached hydrogen (secondary N) is 1. The van der Waals surface area contributed by atoms with Crippen molar-refractivity contribution < 1.29 is 34.4 Å². The minimum Gasteiger partial charge on any atom is -0.478 e. The molecule has 0 unspecified atom stereocenters. The number of piperidine rings is 1. The van der Waals surface area contributed by atoms with Crippen molar-refractivity contribution in [1.29, 1.82) is 0 Å². The average Bonchev–Trinajstić information content (AvgIpc) is 3.34. The lowest BCUT2D eigenvalue weighted by atomic mass is 9.90. The van der Waals surface area contributed by atoms with E-state index in [0.717, 1.165) is 51.1 Å². The summed E-state index contributed by atoms with van der Waals surface area (Å²) >= 11 is 0. The molecule has 0 bridgehead atoms. The van der Waals surface area contributed by atoms with Crippen LogP contribution in [0.5, 0.6) is 0 Å². The zero-order valence-corrected chi connectivity index (χ0v) is 22.0. The summed E-state index contributed by atoms with van der Waals surface area (Å²) in [5.41, 5.74) is 0.432. The first-order chi connectivity index (χ1) is 18.1. The molecule has 2 fully saturated rings. The number of hydrogen-bond acceptors (Lipinski definition) is 7. The number of carboxylic acids is 2. The van der Waals surface area contributed by atoms with E-state index in [1.54, 1.807) is 6.07 Å². The Morgan fingerprint density at radius 3 is 2.34 bits per heavy atom. The summed E-state index contributed by atoms with van der Waals surface area (Å²) in [5, 5.41) is 35.1. The quantitative estimate of drug-likeness (QED) is 0.376. The maximum absolute atomic E-state index is 12.9. The molecule has 4 rings (SSSR count). The molecule has 38 heavy (non-hydrogen) atoms. The van der Waals surface area contributed by atoms with Gasteiger partial charge in [-0.15, -0.1) is 0 Å². The number of carbonyl (C=O) groups excluding carboxylic acids is 1. The molecule has 2 aromatic rings. The van der Waals surface area contributed by atoms with Crippen molar-refractivity contribution >= 4 is 28.7 Å². The predicted molar refractivity (Wildman–Crippen MR) is 141 cm³/mol. The monoisotopic (exact) mass is 530 g/mol. The van der Waals surface area contributed by atoms with Crippen LogP contribution in [0.25, 0.3) is 10.9 Å². The molecule has 0 atom stereocenters. The molecule has 1 aromatic heterocycles. The molecular formula is C27H38N4O7. The van der Waals surface area contributed by atoms with Crippen molar-refractivity contribution in [2.75, 3.05) is 39.4 Å². The second-order valence-electron chi connectivity index (χ2n) is 10.2. The van der Waals surface area contributed by atoms with Gasteiger partial charge in [-0.05, 0) is 51.5 Å². The fraction of sp³-hybridized carbons (Fsp3) is 0.556. The normalized spacial score (nSPS) is 18.3. The van der Waals surface area contributed by atoms with Crippen LogP contribution in [0.15, 0.2) is 36.5 Å². The van der Waals surface area contributed by atoms with Crippen LogP contribution in [0, 0.1) is 5.92 Å². The number of amides is 1. The Morgan fingerprint density at radius 2 is 1.76 bits per heavy atom. The van der Waals surface area contributed by atoms with Crippen LogP contribution in [0.3, 0.4) is 0 Å². The third-order valence-electron chi connectivity index (χ3n) is 6.92. The zero-order valence-electron chi connectivity index (χ0n) is 22.0. The lowest BCUT2D eigenvalue weighted by Crippen LogP contribution is -2.51. The van der Waals surface area contributed by atoms with Gasteiger partial charge in [-0.1, -0.05) is 12.1 Å². The second kappa shape index (κ2) is 13.5. The van der Waals surface area contributed by atoms with Gasteiger partial charge in [-0.2, -0.15) is 5.10 Å². The molecule has 1 amide bonds. The highest BCUT2D eigenvalue weighted by molar-refractivity contribution is 6.05. The fourth-order valence-electron chi connectivity index (χ4n) is 4.62. The van der Waals surface area contributed by atoms with E-state index in [4.69, 9.17) is 14.9 Å². The summed E-state index contributed by atoms with van der Waals surface area (Å²) in [7, 11) is 0. The number of aliphatic carboxylic acids is 2. The lowest BCUT2D eigenvalue weighted by molar-refractivity contribution is -0.134. The minimum absolute atomic E-state index is 0.173. The van der Waals surface area contributed by atoms with Gasteiger partial charge in [0.15, 0.2) is 0 Å². The van der Waals surface area contributed by atoms with E-state index < -0.39 is 17.5 Å². The van der Waals surface area contributed by atoms with Gasteiger partial charge in [0.05, 0.1) is 11.2 Å². The second-order valence-corrected chi connectivity index (χ2v) is 10.2. The maximum Gasteiger partial charge on any atom is 0.328 e. The molecule has 0 saturated carbocycles. The fourth-order valence-corrected chi connectivity index (χ4v) is 4.62. The standard InChI is InChI=1S/C23H34N4O3.C4H4O4/c1-17(2)27-15-19-4-3-5-20(21(19)25-27)22(28)24-16-23(29)8-10-26(11-9-23)14-18-6-12-30-13-7-18;5-3(6)1-2-4(7)8/h3-5,15,17-18,29H,6-14,16H2,1-2H3,(H,24,28);1-2H,(H,5,6)(H,7,8)/b;2-1+. The summed E-state index contributed by atoms with van der Waals surface area (Å²) in [6.45, 7) is 8.99. The van der Waals surface area contributed by atoms with Gasteiger partial charge in [-0.3, -0.25) is 9.48 Å². The largest absolute Gasteiger partial charge is 0.478 e. The lowest BCUT2D eigenvalue weighted by Gasteiger charge is -2.40. The number of fused-ring (bicyclic) bond motifs is 1. The number of aromatic nitrogens is 2. The Kier molecular flexibility index (Phi) is 10.4.